The predicted octanol–water partition coefficient (Wildman–Crippen LogP) is 6.00. The summed E-state index contributed by atoms with van der Waals surface area (Å²) in [6, 6.07) is 6.71. The molecule has 0 aliphatic carbocycles. The van der Waals surface area contributed by atoms with Crippen molar-refractivity contribution in [3.8, 4) is 0 Å². The lowest BCUT2D eigenvalue weighted by atomic mass is 9.98. The van der Waals surface area contributed by atoms with Crippen LogP contribution in [0.4, 0.5) is 0 Å². The van der Waals surface area contributed by atoms with Gasteiger partial charge in [0.05, 0.1) is 144 Å². The lowest BCUT2D eigenvalue weighted by molar-refractivity contribution is -0.163. The molecule has 0 saturated carbocycles. The average Bonchev–Trinajstić information content (AvgIpc) is 1.05. The van der Waals surface area contributed by atoms with Gasteiger partial charge < -0.3 is 120 Å². The second-order valence-electron chi connectivity index (χ2n) is 29.2. The summed E-state index contributed by atoms with van der Waals surface area (Å²) < 4.78 is 76.9. The van der Waals surface area contributed by atoms with E-state index in [9.17, 15) is 95.9 Å². The minimum absolute atomic E-state index is 0.00948. The van der Waals surface area contributed by atoms with Crippen molar-refractivity contribution in [1.29, 1.82) is 0 Å². The third-order valence-electron chi connectivity index (χ3n) is 15.7. The van der Waals surface area contributed by atoms with E-state index in [1.807, 2.05) is 91.4 Å². The summed E-state index contributed by atoms with van der Waals surface area (Å²) in [5.74, 6) is -11.5. The number of carbonyl (C=O) groups excluding carboxylic acids is 20. The molecule has 780 valence electrons. The third-order valence-corrected chi connectivity index (χ3v) is 18.1. The predicted molar refractivity (Wildman–Crippen MR) is 516 cm³/mol. The molecule has 1 amide bonds. The highest BCUT2D eigenvalue weighted by Gasteiger charge is 2.32. The van der Waals surface area contributed by atoms with Crippen LogP contribution in [-0.4, -0.2) is 236 Å². The zero-order chi connectivity index (χ0) is 107. The number of ketones is 2. The molecule has 0 aromatic heterocycles. The molecule has 10 unspecified atom stereocenters. The maximum absolute atomic E-state index is 11.8. The molecule has 26 atom stereocenters. The molecule has 0 radical (unpaired) electrons. The number of benzene rings is 1. The minimum atomic E-state index is -1.45. The molecule has 135 heavy (non-hydrogen) atoms. The van der Waals surface area contributed by atoms with Gasteiger partial charge in [-0.3, -0.25) is 52.7 Å². The molecule has 9 N–H and O–H groups in total. The number of hydrogen-bond acceptors (Lipinski definition) is 44. The molecule has 1 saturated heterocycles. The molecule has 1 aliphatic rings. The van der Waals surface area contributed by atoms with Gasteiger partial charge in [-0.2, -0.15) is 0 Å². The van der Waals surface area contributed by atoms with Gasteiger partial charge in [-0.25, -0.2) is 43.2 Å². The Labute approximate surface area is 811 Å². The molecule has 1 aromatic rings. The van der Waals surface area contributed by atoms with Crippen LogP contribution < -0.4 is 16.4 Å². The summed E-state index contributed by atoms with van der Waals surface area (Å²) in [6.07, 6.45) is -5.62. The molecule has 1 heterocycles. The topological polar surface area (TPSA) is 650 Å². The van der Waals surface area contributed by atoms with Crippen LogP contribution >= 0.6 is 94.7 Å². The van der Waals surface area contributed by atoms with Crippen LogP contribution in [0.5, 0.6) is 0 Å². The lowest BCUT2D eigenvalue weighted by Crippen LogP contribution is -2.46. The summed E-state index contributed by atoms with van der Waals surface area (Å²) in [4.78, 5) is 221. The maximum Gasteiger partial charge on any atom is 0.354 e. The zero-order valence-electron chi connectivity index (χ0n) is 79.7. The van der Waals surface area contributed by atoms with E-state index in [1.165, 1.54) is 55.4 Å². The second-order valence-corrected chi connectivity index (χ2v) is 31.6. The van der Waals surface area contributed by atoms with Gasteiger partial charge >= 0.3 is 101 Å². The van der Waals surface area contributed by atoms with E-state index in [0.29, 0.717) is 44.1 Å². The number of nitrogens with two attached hydrogens (primary N) is 1. The van der Waals surface area contributed by atoms with Gasteiger partial charge in [0.1, 0.15) is 35.8 Å². The van der Waals surface area contributed by atoms with Gasteiger partial charge in [0.15, 0.2) is 42.7 Å². The van der Waals surface area contributed by atoms with Gasteiger partial charge in [-0.1, -0.05) is 112 Å². The monoisotopic (exact) mass is 2130 g/mol. The van der Waals surface area contributed by atoms with Gasteiger partial charge in [0.25, 0.3) is 0 Å². The average molecular weight is 2130 g/mol. The zero-order valence-corrected chi connectivity index (χ0v) is 91.2. The standard InChI is InChI=1S/C12H15O5P.C11H20NO6P.C8H14NO4P.C8H16NO4P.C8H15O4P.C8H15O3P.C7H13O5P.2C7H13O4P.C4H9O3P/c1-8(13)7-10(14)16-11(12(15)17-18)9-5-3-2-4-6-9;1-4-5-8(12-9(14)6(2)13)11(16)17-7(3)10(15)18-19;1-5(7(10)13-14)12-8(11)6-3-2-4-9-6;1-3-4-6(9)8(11)12-5(2)7(10)13-14;1-5(8(11)12-13)3-7(10)4-6(2)9;1-5(2)7(9)4-6(3)8(10)11-12;1-4(2)11-7(10)5(8)3-6(9)12-13;1-4(2)6(8)10-5(3)7(9)11-12;1-3-4-6(8)10-5(2)7(9)11-12;1-2-3(5)4(6)7-8/h2-6,8,11,13H,7,18H2,1H3;6-8,13H,4-5,19H2,1-3H3,(H,12,14);5-6,9H,2-4,14H2,1H3;5-6H,3-4,9,14H2,1-2H3;5-6,9H,3-4,13H2,1-2H3;5-6H,4,12H2,1-3H3;4-5,8H,3,13H2,1-2H3;4-5H,12H2,1-3H3;5H,3-4,12H2,1-2H3;3,5H,2,8H2,1H3/t8-,11+;6-,7-,8-;3*5-,6-;6-;3*5-;3-/m1000110000/s1. The van der Waals surface area contributed by atoms with Crippen molar-refractivity contribution in [3.63, 3.8) is 0 Å². The van der Waals surface area contributed by atoms with Crippen LogP contribution in [0.25, 0.3) is 0 Å². The fourth-order valence-corrected chi connectivity index (χ4v) is 10.1. The van der Waals surface area contributed by atoms with Crippen LogP contribution in [0.2, 0.25) is 0 Å². The van der Waals surface area contributed by atoms with Crippen molar-refractivity contribution < 1.29 is 200 Å². The van der Waals surface area contributed by atoms with E-state index in [-0.39, 0.29) is 85.1 Å². The first-order chi connectivity index (χ1) is 62.8. The summed E-state index contributed by atoms with van der Waals surface area (Å²) in [7, 11) is 18.1. The number of Topliss-reactive ketones (excluding diaryl/α,β-unsaturated/α-hetero) is 2. The highest BCUT2D eigenvalue weighted by Crippen LogP contribution is 2.22. The Morgan fingerprint density at radius 2 is 0.800 bits per heavy atom. The van der Waals surface area contributed by atoms with Crippen LogP contribution in [0, 0.1) is 23.7 Å². The van der Waals surface area contributed by atoms with Crippen molar-refractivity contribution in [2.75, 3.05) is 6.54 Å². The lowest BCUT2D eigenvalue weighted by Gasteiger charge is -2.19. The van der Waals surface area contributed by atoms with Crippen molar-refractivity contribution in [1.82, 2.24) is 10.6 Å². The second kappa shape index (κ2) is 87.3. The van der Waals surface area contributed by atoms with Crippen LogP contribution in [0.1, 0.15) is 240 Å². The van der Waals surface area contributed by atoms with Crippen molar-refractivity contribution in [2.45, 2.75) is 320 Å². The quantitative estimate of drug-likeness (QED) is 0.0211. The maximum atomic E-state index is 11.8. The van der Waals surface area contributed by atoms with Crippen molar-refractivity contribution in [2.24, 2.45) is 29.4 Å². The Morgan fingerprint density at radius 1 is 0.393 bits per heavy atom. The molecule has 2 rings (SSSR count). The highest BCUT2D eigenvalue weighted by atomic mass is 31.1. The van der Waals surface area contributed by atoms with Crippen molar-refractivity contribution in [3.05, 3.63) is 35.9 Å². The summed E-state index contributed by atoms with van der Waals surface area (Å²) in [6.45, 7) is 33.3. The molecular weight excluding hydrogens is 1980 g/mol. The van der Waals surface area contributed by atoms with E-state index >= 15 is 0 Å². The Kier molecular flexibility index (Phi) is 92.7. The van der Waals surface area contributed by atoms with Gasteiger partial charge in [0, 0.05) is 37.2 Å². The molecule has 0 bridgehead atoms. The Bertz CT molecular complexity index is 3620. The third kappa shape index (κ3) is 78.5. The number of amides is 1. The Hall–Kier alpha value is -6.96. The number of aliphatic hydroxyl groups excluding tert-OH is 5. The smallest absolute Gasteiger partial charge is 0.354 e. The number of nitrogens with one attached hydrogen (secondary N) is 2. The van der Waals surface area contributed by atoms with Crippen LogP contribution in [0.15, 0.2) is 30.3 Å². The van der Waals surface area contributed by atoms with Gasteiger partial charge in [0.2, 0.25) is 12.0 Å². The van der Waals surface area contributed by atoms with E-state index in [1.54, 1.807) is 117 Å². The molecule has 1 aliphatic heterocycles. The normalized spacial score (nSPS) is 14.4. The number of aliphatic hydroxyl groups is 5. The number of rotatable bonds is 42. The summed E-state index contributed by atoms with van der Waals surface area (Å²) in [5, 5.41) is 50.1. The van der Waals surface area contributed by atoms with E-state index in [4.69, 9.17) is 59.7 Å². The number of carbonyl (C=O) groups is 20. The molecular formula is C80H143N3O42P10. The molecule has 1 aromatic carbocycles. The van der Waals surface area contributed by atoms with Crippen LogP contribution in [0.3, 0.4) is 0 Å². The van der Waals surface area contributed by atoms with E-state index in [0.717, 1.165) is 25.8 Å². The van der Waals surface area contributed by atoms with Gasteiger partial charge in [-0.15, -0.1) is 0 Å². The first-order valence-electron chi connectivity index (χ1n) is 41.5. The van der Waals surface area contributed by atoms with E-state index in [2.05, 4.69) is 60.6 Å². The molecule has 1 fully saturated rings. The van der Waals surface area contributed by atoms with Gasteiger partial charge in [-0.05, 0) is 114 Å². The Balaban J connectivity index is -0.000000223. The SMILES string of the molecule is CC(C)C(=O)C[C@@H](C)C(=O)OP.CC(C)C(=O)O[C@@H](C)C(=O)OP.CC(C)OC(=O)[C@@H](O)CC(=O)OP.CCCC(=O)O[C@@H](C)C(=O)OP.CCC[C@H](N)C(=O)O[C@@H](C)C(=O)OP.CCC[C@H](NC(=O)[C@H](C)O)C(=O)O[C@@H](C)C(=O)OP.CC[C@H](O)C(=O)OP.C[C@@H](O)CC(=O)O[C@H](C(=O)OP)c1ccccc1.C[C@H](CC(=O)C[C@@H](C)O)C(=O)OP.C[C@H](OC(=O)[C@@H]1CCCN1)C(=O)OP. The van der Waals surface area contributed by atoms with Crippen molar-refractivity contribution >= 4 is 214 Å². The highest BCUT2D eigenvalue weighted by molar-refractivity contribution is 7.12. The first kappa shape index (κ1) is 143. The number of ether oxygens (including phenoxy) is 7. The molecule has 0 spiro atoms. The van der Waals surface area contributed by atoms with Crippen LogP contribution in [-0.2, 0) is 174 Å². The summed E-state index contributed by atoms with van der Waals surface area (Å²) in [5.41, 5.74) is 6.00. The largest absolute Gasteiger partial charge is 0.461 e. The molecule has 55 heteroatoms. The first-order valence-corrected chi connectivity index (χ1v) is 46.3. The molecule has 45 nitrogen and oxygen atoms in total. The fraction of sp³-hybridized carbons (Fsp3) is 0.675. The number of hydrogen-bond donors (Lipinski definition) is 8. The fourth-order valence-electron chi connectivity index (χ4n) is 8.31. The number of esters is 7. The van der Waals surface area contributed by atoms with E-state index < -0.39 is 181 Å². The minimum Gasteiger partial charge on any atom is -0.461 e. The Morgan fingerprint density at radius 3 is 1.15 bits per heavy atom. The summed E-state index contributed by atoms with van der Waals surface area (Å²) >= 11 is 0.